The highest BCUT2D eigenvalue weighted by atomic mass is 16.5. The number of aliphatic hydroxyl groups is 2. The summed E-state index contributed by atoms with van der Waals surface area (Å²) < 4.78 is 5.72. The molecule has 0 amide bonds. The Morgan fingerprint density at radius 3 is 1.19 bits per heavy atom. The molecule has 3 heteroatoms. The van der Waals surface area contributed by atoms with Crippen LogP contribution in [0.2, 0.25) is 0 Å². The van der Waals surface area contributed by atoms with Crippen LogP contribution in [0.4, 0.5) is 0 Å². The molecule has 164 valence electrons. The molecule has 0 fully saturated rings. The topological polar surface area (TPSA) is 49.7 Å². The minimum absolute atomic E-state index is 0.0785. The molecule has 3 nitrogen and oxygen atoms in total. The van der Waals surface area contributed by atoms with Gasteiger partial charge >= 0.3 is 0 Å². The number of hydrogen-bond donors (Lipinski definition) is 2. The molecule has 0 aliphatic rings. The molecule has 0 saturated heterocycles. The molecule has 0 bridgehead atoms. The fourth-order valence-corrected chi connectivity index (χ4v) is 3.53. The zero-order valence-corrected chi connectivity index (χ0v) is 18.6. The molecular formula is C24H50O3. The molecule has 0 spiro atoms. The molecule has 0 aliphatic carbocycles. The van der Waals surface area contributed by atoms with E-state index >= 15 is 0 Å². The molecule has 0 aliphatic heterocycles. The van der Waals surface area contributed by atoms with Crippen molar-refractivity contribution in [3.8, 4) is 0 Å². The summed E-state index contributed by atoms with van der Waals surface area (Å²) in [6, 6.07) is 0. The maximum atomic E-state index is 9.88. The summed E-state index contributed by atoms with van der Waals surface area (Å²) in [5.41, 5.74) is 0. The van der Waals surface area contributed by atoms with Crippen molar-refractivity contribution >= 4 is 0 Å². The van der Waals surface area contributed by atoms with Gasteiger partial charge in [-0.05, 0) is 38.5 Å². The van der Waals surface area contributed by atoms with Crippen LogP contribution in [0.5, 0.6) is 0 Å². The van der Waals surface area contributed by atoms with Crippen molar-refractivity contribution in [3.05, 3.63) is 0 Å². The maximum absolute atomic E-state index is 9.88. The summed E-state index contributed by atoms with van der Waals surface area (Å²) in [4.78, 5) is 0. The van der Waals surface area contributed by atoms with Gasteiger partial charge in [-0.3, -0.25) is 0 Å². The van der Waals surface area contributed by atoms with Gasteiger partial charge < -0.3 is 14.9 Å². The largest absolute Gasteiger partial charge is 0.393 e. The summed E-state index contributed by atoms with van der Waals surface area (Å²) in [6.07, 6.45) is 20.5. The molecule has 0 aromatic carbocycles. The number of aliphatic hydroxyl groups excluding tert-OH is 2. The molecule has 2 N–H and O–H groups in total. The molecule has 0 radical (unpaired) electrons. The summed E-state index contributed by atoms with van der Waals surface area (Å²) >= 11 is 0. The van der Waals surface area contributed by atoms with Crippen molar-refractivity contribution in [3.63, 3.8) is 0 Å². The van der Waals surface area contributed by atoms with Crippen LogP contribution in [0, 0.1) is 0 Å². The maximum Gasteiger partial charge on any atom is 0.0540 e. The second kappa shape index (κ2) is 22.2. The predicted octanol–water partition coefficient (Wildman–Crippen LogP) is 6.79. The quantitative estimate of drug-likeness (QED) is 0.201. The van der Waals surface area contributed by atoms with Gasteiger partial charge in [0, 0.05) is 13.2 Å². The van der Waals surface area contributed by atoms with Gasteiger partial charge in [-0.2, -0.15) is 0 Å². The molecule has 2 atom stereocenters. The van der Waals surface area contributed by atoms with E-state index in [0.717, 1.165) is 64.6 Å². The summed E-state index contributed by atoms with van der Waals surface area (Å²) in [7, 11) is 0. The first-order valence-electron chi connectivity index (χ1n) is 12.1. The molecule has 27 heavy (non-hydrogen) atoms. The van der Waals surface area contributed by atoms with E-state index in [1.807, 2.05) is 0 Å². The van der Waals surface area contributed by atoms with Crippen LogP contribution in [0.15, 0.2) is 0 Å². The average Bonchev–Trinajstić information content (AvgIpc) is 2.66. The first-order valence-corrected chi connectivity index (χ1v) is 12.1. The second-order valence-electron chi connectivity index (χ2n) is 8.32. The van der Waals surface area contributed by atoms with Gasteiger partial charge in [0.15, 0.2) is 0 Å². The van der Waals surface area contributed by atoms with Crippen LogP contribution in [-0.4, -0.2) is 35.6 Å². The number of ether oxygens (including phenoxy) is 1. The summed E-state index contributed by atoms with van der Waals surface area (Å²) in [5.74, 6) is 0. The molecule has 0 rings (SSSR count). The van der Waals surface area contributed by atoms with Crippen LogP contribution in [0.1, 0.15) is 129 Å². The first kappa shape index (κ1) is 26.9. The minimum Gasteiger partial charge on any atom is -0.393 e. The van der Waals surface area contributed by atoms with E-state index in [9.17, 15) is 10.2 Å². The highest BCUT2D eigenvalue weighted by Gasteiger charge is 2.04. The van der Waals surface area contributed by atoms with Crippen LogP contribution in [0.3, 0.4) is 0 Å². The van der Waals surface area contributed by atoms with Gasteiger partial charge in [0.2, 0.25) is 0 Å². The molecule has 0 aromatic rings. The van der Waals surface area contributed by atoms with Crippen LogP contribution >= 0.6 is 0 Å². The zero-order chi connectivity index (χ0) is 20.0. The fourth-order valence-electron chi connectivity index (χ4n) is 3.53. The molecule has 0 aromatic heterocycles. The molecule has 0 saturated carbocycles. The van der Waals surface area contributed by atoms with E-state index < -0.39 is 0 Å². The van der Waals surface area contributed by atoms with Crippen molar-refractivity contribution in [2.75, 3.05) is 13.2 Å². The Balaban J connectivity index is 3.14. The normalized spacial score (nSPS) is 13.8. The fraction of sp³-hybridized carbons (Fsp3) is 1.00. The summed E-state index contributed by atoms with van der Waals surface area (Å²) in [5, 5.41) is 19.8. The summed E-state index contributed by atoms with van der Waals surface area (Å²) in [6.45, 7) is 6.18. The van der Waals surface area contributed by atoms with E-state index in [0.29, 0.717) is 0 Å². The Morgan fingerprint density at radius 2 is 0.815 bits per heavy atom. The predicted molar refractivity (Wildman–Crippen MR) is 117 cm³/mol. The van der Waals surface area contributed by atoms with Crippen molar-refractivity contribution < 1.29 is 14.9 Å². The van der Waals surface area contributed by atoms with E-state index in [4.69, 9.17) is 4.74 Å². The van der Waals surface area contributed by atoms with Gasteiger partial charge in [-0.15, -0.1) is 0 Å². The first-order chi connectivity index (χ1) is 13.2. The zero-order valence-electron chi connectivity index (χ0n) is 18.6. The standard InChI is InChI=1S/C24H50O3/c1-3-5-11-17-23(25)19-13-7-9-15-21-27-22-16-10-8-14-20-24(26)18-12-6-4-2/h23-26H,3-22H2,1-2H3. The van der Waals surface area contributed by atoms with Crippen molar-refractivity contribution in [2.45, 2.75) is 142 Å². The van der Waals surface area contributed by atoms with Crippen molar-refractivity contribution in [1.82, 2.24) is 0 Å². The highest BCUT2D eigenvalue weighted by Crippen LogP contribution is 2.13. The lowest BCUT2D eigenvalue weighted by molar-refractivity contribution is 0.123. The number of hydrogen-bond acceptors (Lipinski definition) is 3. The smallest absolute Gasteiger partial charge is 0.0540 e. The SMILES string of the molecule is CCCCCC(O)CCCCCCOCCCCCCC(O)CCCCC. The minimum atomic E-state index is -0.0785. The number of rotatable bonds is 22. The lowest BCUT2D eigenvalue weighted by atomic mass is 10.0. The Bertz CT molecular complexity index is 244. The molecule has 0 heterocycles. The Labute approximate surface area is 170 Å². The lowest BCUT2D eigenvalue weighted by Gasteiger charge is -2.10. The average molecular weight is 387 g/mol. The number of unbranched alkanes of at least 4 members (excludes halogenated alkanes) is 10. The Morgan fingerprint density at radius 1 is 0.481 bits per heavy atom. The van der Waals surface area contributed by atoms with Crippen LogP contribution in [0.25, 0.3) is 0 Å². The van der Waals surface area contributed by atoms with Crippen LogP contribution in [-0.2, 0) is 4.74 Å². The lowest BCUT2D eigenvalue weighted by Crippen LogP contribution is -2.06. The third-order valence-corrected chi connectivity index (χ3v) is 5.43. The molecular weight excluding hydrogens is 336 g/mol. The molecule has 2 unspecified atom stereocenters. The highest BCUT2D eigenvalue weighted by molar-refractivity contribution is 4.58. The monoisotopic (exact) mass is 386 g/mol. The van der Waals surface area contributed by atoms with Gasteiger partial charge in [-0.25, -0.2) is 0 Å². The van der Waals surface area contributed by atoms with E-state index in [1.54, 1.807) is 0 Å². The van der Waals surface area contributed by atoms with Crippen molar-refractivity contribution in [2.24, 2.45) is 0 Å². The van der Waals surface area contributed by atoms with E-state index in [-0.39, 0.29) is 12.2 Å². The van der Waals surface area contributed by atoms with E-state index in [1.165, 1.54) is 64.2 Å². The van der Waals surface area contributed by atoms with Gasteiger partial charge in [-0.1, -0.05) is 90.9 Å². The Hall–Kier alpha value is -0.120. The van der Waals surface area contributed by atoms with Crippen LogP contribution < -0.4 is 0 Å². The Kier molecular flexibility index (Phi) is 22.1. The second-order valence-corrected chi connectivity index (χ2v) is 8.32. The van der Waals surface area contributed by atoms with Gasteiger partial charge in [0.25, 0.3) is 0 Å². The van der Waals surface area contributed by atoms with E-state index in [2.05, 4.69) is 13.8 Å². The third kappa shape index (κ3) is 22.0. The van der Waals surface area contributed by atoms with Crippen molar-refractivity contribution in [1.29, 1.82) is 0 Å². The van der Waals surface area contributed by atoms with Gasteiger partial charge in [0.1, 0.15) is 0 Å². The third-order valence-electron chi connectivity index (χ3n) is 5.43. The van der Waals surface area contributed by atoms with Gasteiger partial charge in [0.05, 0.1) is 12.2 Å².